The van der Waals surface area contributed by atoms with Gasteiger partial charge in [-0.3, -0.25) is 9.48 Å². The first-order valence-electron chi connectivity index (χ1n) is 9.04. The number of aryl methyl sites for hydroxylation is 3. The van der Waals surface area contributed by atoms with Crippen molar-refractivity contribution in [3.8, 4) is 0 Å². The summed E-state index contributed by atoms with van der Waals surface area (Å²) in [5.74, 6) is 0.427. The van der Waals surface area contributed by atoms with Crippen molar-refractivity contribution in [3.05, 3.63) is 53.3 Å². The SMILES string of the molecule is Cc1ccc([C@@H]2OCCC[C@@H]2CNC(=O)CCc2cnn(C)c2)cc1. The molecule has 5 nitrogen and oxygen atoms in total. The van der Waals surface area contributed by atoms with E-state index in [4.69, 9.17) is 4.74 Å². The van der Waals surface area contributed by atoms with Crippen molar-refractivity contribution in [3.63, 3.8) is 0 Å². The van der Waals surface area contributed by atoms with Crippen LogP contribution >= 0.6 is 0 Å². The maximum Gasteiger partial charge on any atom is 0.220 e. The van der Waals surface area contributed by atoms with Crippen LogP contribution in [-0.2, 0) is 23.0 Å². The molecule has 1 saturated heterocycles. The van der Waals surface area contributed by atoms with Crippen LogP contribution in [0.3, 0.4) is 0 Å². The van der Waals surface area contributed by atoms with Gasteiger partial charge >= 0.3 is 0 Å². The molecule has 2 aromatic rings. The van der Waals surface area contributed by atoms with Gasteiger partial charge in [0.1, 0.15) is 0 Å². The molecule has 3 rings (SSSR count). The van der Waals surface area contributed by atoms with Crippen LogP contribution in [0.2, 0.25) is 0 Å². The Morgan fingerprint density at radius 1 is 1.36 bits per heavy atom. The fraction of sp³-hybridized carbons (Fsp3) is 0.500. The first-order valence-corrected chi connectivity index (χ1v) is 9.04. The molecule has 1 aliphatic heterocycles. The van der Waals surface area contributed by atoms with E-state index >= 15 is 0 Å². The van der Waals surface area contributed by atoms with E-state index in [1.165, 1.54) is 11.1 Å². The third-order valence-electron chi connectivity index (χ3n) is 4.81. The Bertz CT molecular complexity index is 693. The number of rotatable bonds is 6. The largest absolute Gasteiger partial charge is 0.373 e. The van der Waals surface area contributed by atoms with E-state index in [0.29, 0.717) is 18.9 Å². The lowest BCUT2D eigenvalue weighted by molar-refractivity contribution is -0.121. The van der Waals surface area contributed by atoms with Crippen molar-refractivity contribution in [2.24, 2.45) is 13.0 Å². The molecule has 134 valence electrons. The second-order valence-corrected chi connectivity index (χ2v) is 6.93. The van der Waals surface area contributed by atoms with Gasteiger partial charge in [-0.05, 0) is 37.3 Å². The highest BCUT2D eigenvalue weighted by Crippen LogP contribution is 2.33. The maximum absolute atomic E-state index is 12.2. The van der Waals surface area contributed by atoms with Gasteiger partial charge in [-0.1, -0.05) is 29.8 Å². The number of carbonyl (C=O) groups is 1. The summed E-state index contributed by atoms with van der Waals surface area (Å²) in [4.78, 5) is 12.2. The van der Waals surface area contributed by atoms with Crippen molar-refractivity contribution in [1.82, 2.24) is 15.1 Å². The second-order valence-electron chi connectivity index (χ2n) is 6.93. The van der Waals surface area contributed by atoms with Crippen molar-refractivity contribution in [2.75, 3.05) is 13.2 Å². The Morgan fingerprint density at radius 2 is 2.16 bits per heavy atom. The van der Waals surface area contributed by atoms with Crippen LogP contribution in [0.1, 0.15) is 42.1 Å². The maximum atomic E-state index is 12.2. The van der Waals surface area contributed by atoms with Gasteiger partial charge in [0.2, 0.25) is 5.91 Å². The van der Waals surface area contributed by atoms with Crippen molar-refractivity contribution in [2.45, 2.75) is 38.7 Å². The first kappa shape index (κ1) is 17.7. The zero-order chi connectivity index (χ0) is 17.6. The van der Waals surface area contributed by atoms with Crippen LogP contribution in [0.5, 0.6) is 0 Å². The quantitative estimate of drug-likeness (QED) is 0.879. The number of hydrogen-bond donors (Lipinski definition) is 1. The molecule has 5 heteroatoms. The van der Waals surface area contributed by atoms with Gasteiger partial charge in [-0.15, -0.1) is 0 Å². The fourth-order valence-electron chi connectivity index (χ4n) is 3.37. The third kappa shape index (κ3) is 4.92. The lowest BCUT2D eigenvalue weighted by Crippen LogP contribution is -2.35. The number of nitrogens with zero attached hydrogens (tertiary/aromatic N) is 2. The monoisotopic (exact) mass is 341 g/mol. The normalized spacial score (nSPS) is 20.4. The Morgan fingerprint density at radius 3 is 2.88 bits per heavy atom. The van der Waals surface area contributed by atoms with Crippen LogP contribution in [-0.4, -0.2) is 28.8 Å². The molecule has 0 saturated carbocycles. The summed E-state index contributed by atoms with van der Waals surface area (Å²) in [5.41, 5.74) is 3.55. The van der Waals surface area contributed by atoms with Gasteiger partial charge in [0.15, 0.2) is 0 Å². The molecule has 2 atom stereocenters. The molecule has 0 aliphatic carbocycles. The van der Waals surface area contributed by atoms with E-state index in [2.05, 4.69) is 41.6 Å². The summed E-state index contributed by atoms with van der Waals surface area (Å²) in [6.45, 7) is 3.56. The van der Waals surface area contributed by atoms with Gasteiger partial charge < -0.3 is 10.1 Å². The van der Waals surface area contributed by atoms with E-state index in [1.807, 2.05) is 19.4 Å². The zero-order valence-electron chi connectivity index (χ0n) is 15.1. The minimum Gasteiger partial charge on any atom is -0.373 e. The molecule has 0 unspecified atom stereocenters. The summed E-state index contributed by atoms with van der Waals surface area (Å²) in [7, 11) is 1.89. The Labute approximate surface area is 149 Å². The molecule has 1 aromatic heterocycles. The summed E-state index contributed by atoms with van der Waals surface area (Å²) < 4.78 is 7.78. The van der Waals surface area contributed by atoms with Crippen LogP contribution < -0.4 is 5.32 Å². The van der Waals surface area contributed by atoms with Gasteiger partial charge in [-0.2, -0.15) is 5.10 Å². The number of benzene rings is 1. The fourth-order valence-corrected chi connectivity index (χ4v) is 3.37. The van der Waals surface area contributed by atoms with Crippen molar-refractivity contribution >= 4 is 5.91 Å². The van der Waals surface area contributed by atoms with E-state index in [-0.39, 0.29) is 12.0 Å². The van der Waals surface area contributed by atoms with Crippen molar-refractivity contribution in [1.29, 1.82) is 0 Å². The molecular weight excluding hydrogens is 314 g/mol. The van der Waals surface area contributed by atoms with Gasteiger partial charge in [0.25, 0.3) is 0 Å². The summed E-state index contributed by atoms with van der Waals surface area (Å²) in [5, 5.41) is 7.23. The Hall–Kier alpha value is -2.14. The molecule has 0 bridgehead atoms. The van der Waals surface area contributed by atoms with Crippen molar-refractivity contribution < 1.29 is 9.53 Å². The first-order chi connectivity index (χ1) is 12.1. The van der Waals surface area contributed by atoms with Crippen LogP contribution in [0.15, 0.2) is 36.7 Å². The topological polar surface area (TPSA) is 56.1 Å². The summed E-state index contributed by atoms with van der Waals surface area (Å²) in [6, 6.07) is 8.53. The molecule has 0 spiro atoms. The number of ether oxygens (including phenoxy) is 1. The predicted octanol–water partition coefficient (Wildman–Crippen LogP) is 2.95. The molecule has 1 N–H and O–H groups in total. The molecular formula is C20H27N3O2. The van der Waals surface area contributed by atoms with Gasteiger partial charge in [0.05, 0.1) is 12.3 Å². The molecule has 1 fully saturated rings. The lowest BCUT2D eigenvalue weighted by atomic mass is 9.89. The minimum absolute atomic E-state index is 0.0768. The molecule has 0 radical (unpaired) electrons. The minimum atomic E-state index is 0.0768. The second kappa shape index (κ2) is 8.30. The molecule has 2 heterocycles. The highest BCUT2D eigenvalue weighted by atomic mass is 16.5. The third-order valence-corrected chi connectivity index (χ3v) is 4.81. The number of hydrogen-bond acceptors (Lipinski definition) is 3. The molecule has 1 aromatic carbocycles. The van der Waals surface area contributed by atoms with Crippen LogP contribution in [0.4, 0.5) is 0 Å². The van der Waals surface area contributed by atoms with E-state index in [0.717, 1.165) is 31.4 Å². The number of aromatic nitrogens is 2. The Balaban J connectivity index is 1.51. The number of carbonyl (C=O) groups excluding carboxylic acids is 1. The summed E-state index contributed by atoms with van der Waals surface area (Å²) >= 11 is 0. The number of amides is 1. The smallest absolute Gasteiger partial charge is 0.220 e. The Kier molecular flexibility index (Phi) is 5.87. The van der Waals surface area contributed by atoms with Crippen LogP contribution in [0.25, 0.3) is 0 Å². The highest BCUT2D eigenvalue weighted by molar-refractivity contribution is 5.76. The van der Waals surface area contributed by atoms with Gasteiger partial charge in [0, 0.05) is 38.7 Å². The average molecular weight is 341 g/mol. The van der Waals surface area contributed by atoms with E-state index in [9.17, 15) is 4.79 Å². The molecule has 1 aliphatic rings. The molecule has 1 amide bonds. The standard InChI is InChI=1S/C20H27N3O2/c1-15-5-8-17(9-6-15)20-18(4-3-11-25-20)13-21-19(24)10-7-16-12-22-23(2)14-16/h5-6,8-9,12,14,18,20H,3-4,7,10-11,13H2,1-2H3,(H,21,24)/t18-,20+/m1/s1. The van der Waals surface area contributed by atoms with Crippen LogP contribution in [0, 0.1) is 12.8 Å². The lowest BCUT2D eigenvalue weighted by Gasteiger charge is -2.32. The summed E-state index contributed by atoms with van der Waals surface area (Å²) in [6.07, 6.45) is 7.20. The van der Waals surface area contributed by atoms with E-state index < -0.39 is 0 Å². The number of nitrogens with one attached hydrogen (secondary N) is 1. The highest BCUT2D eigenvalue weighted by Gasteiger charge is 2.27. The average Bonchev–Trinajstić information content (AvgIpc) is 3.04. The molecule has 25 heavy (non-hydrogen) atoms. The predicted molar refractivity (Wildman–Crippen MR) is 97.1 cm³/mol. The zero-order valence-corrected chi connectivity index (χ0v) is 15.1. The van der Waals surface area contributed by atoms with E-state index in [1.54, 1.807) is 4.68 Å². The van der Waals surface area contributed by atoms with Gasteiger partial charge in [-0.25, -0.2) is 0 Å².